The van der Waals surface area contributed by atoms with Crippen LogP contribution in [0.3, 0.4) is 0 Å². The lowest BCUT2D eigenvalue weighted by atomic mass is 10.4. The van der Waals surface area contributed by atoms with Gasteiger partial charge >= 0.3 is 23.9 Å². The van der Waals surface area contributed by atoms with Gasteiger partial charge in [0.1, 0.15) is 0 Å². The third kappa shape index (κ3) is 128. The van der Waals surface area contributed by atoms with Crippen LogP contribution in [0.2, 0.25) is 0 Å². The molecule has 0 rings (SSSR count). The summed E-state index contributed by atoms with van der Waals surface area (Å²) >= 11 is 0. The van der Waals surface area contributed by atoms with E-state index in [9.17, 15) is 19.2 Å². The first-order valence-corrected chi connectivity index (χ1v) is 6.32. The minimum atomic E-state index is -0.981. The smallest absolute Gasteiger partial charge is 0.330 e. The molecule has 4 N–H and O–H groups in total. The highest BCUT2D eigenvalue weighted by Crippen LogP contribution is 1.81. The van der Waals surface area contributed by atoms with E-state index in [2.05, 4.69) is 40.2 Å². The molecule has 0 spiro atoms. The lowest BCUT2D eigenvalue weighted by Crippen LogP contribution is -1.92. The summed E-state index contributed by atoms with van der Waals surface area (Å²) in [5, 5.41) is 30.7. The van der Waals surface area contributed by atoms with Crippen molar-refractivity contribution in [1.82, 2.24) is 0 Å². The Morgan fingerprint density at radius 2 is 0.833 bits per heavy atom. The fraction of sp³-hybridized carbons (Fsp3) is 0.250. The number of hydrogen-bond acceptors (Lipinski definition) is 4. The molecular weight excluding hydrogens is 320 g/mol. The molecule has 0 aliphatic carbocycles. The third-order valence-electron chi connectivity index (χ3n) is 0.889. The summed E-state index contributed by atoms with van der Waals surface area (Å²) < 4.78 is 0. The molecule has 0 aromatic heterocycles. The fourth-order valence-corrected chi connectivity index (χ4v) is 0. The first-order valence-electron chi connectivity index (χ1n) is 6.32. The number of hydrogen-bond donors (Lipinski definition) is 4. The predicted octanol–water partition coefficient (Wildman–Crippen LogP) is 2.83. The van der Waals surface area contributed by atoms with Gasteiger partial charge < -0.3 is 20.4 Å². The maximum Gasteiger partial charge on any atom is 0.330 e. The highest BCUT2D eigenvalue weighted by atomic mass is 16.4. The van der Waals surface area contributed by atoms with Gasteiger partial charge in [-0.2, -0.15) is 0 Å². The zero-order valence-corrected chi connectivity index (χ0v) is 14.2. The topological polar surface area (TPSA) is 149 Å². The van der Waals surface area contributed by atoms with E-state index < -0.39 is 23.9 Å². The van der Waals surface area contributed by atoms with Gasteiger partial charge in [0.25, 0.3) is 0 Å². The Balaban J connectivity index is -0.0000000636. The Morgan fingerprint density at radius 1 is 0.750 bits per heavy atom. The molecule has 0 radical (unpaired) electrons. The molecule has 24 heavy (non-hydrogen) atoms. The van der Waals surface area contributed by atoms with Crippen LogP contribution in [-0.2, 0) is 19.2 Å². The first kappa shape index (κ1) is 32.7. The SMILES string of the molecule is C=C(C)C(=O)O.C=CC(=O)O.C=CC(=O)O.C=CC(=O)O.CCC. The number of aliphatic carboxylic acids is 4. The zero-order valence-electron chi connectivity index (χ0n) is 14.2. The molecule has 0 bridgehead atoms. The highest BCUT2D eigenvalue weighted by Gasteiger charge is 1.90. The summed E-state index contributed by atoms with van der Waals surface area (Å²) in [6.45, 7) is 17.7. The molecule has 0 saturated heterocycles. The molecule has 0 amide bonds. The monoisotopic (exact) mass is 346 g/mol. The Kier molecular flexibility index (Phi) is 38.2. The lowest BCUT2D eigenvalue weighted by Gasteiger charge is -1.79. The number of carbonyl (C=O) groups is 4. The van der Waals surface area contributed by atoms with Crippen molar-refractivity contribution in [3.8, 4) is 0 Å². The third-order valence-corrected chi connectivity index (χ3v) is 0.889. The quantitative estimate of drug-likeness (QED) is 0.568. The van der Waals surface area contributed by atoms with Crippen LogP contribution in [0, 0.1) is 0 Å². The molecule has 0 heterocycles. The molecular formula is C16H26O8. The molecule has 0 saturated carbocycles. The van der Waals surface area contributed by atoms with Crippen molar-refractivity contribution in [1.29, 1.82) is 0 Å². The van der Waals surface area contributed by atoms with Crippen LogP contribution >= 0.6 is 0 Å². The van der Waals surface area contributed by atoms with Crippen molar-refractivity contribution in [3.05, 3.63) is 50.1 Å². The number of carboxylic acids is 4. The molecule has 0 atom stereocenters. The molecule has 0 unspecified atom stereocenters. The first-order chi connectivity index (χ1) is 10.9. The maximum absolute atomic E-state index is 9.60. The van der Waals surface area contributed by atoms with E-state index in [1.807, 2.05) is 0 Å². The van der Waals surface area contributed by atoms with Gasteiger partial charge in [-0.05, 0) is 6.92 Å². The summed E-state index contributed by atoms with van der Waals surface area (Å²) in [6, 6.07) is 0. The molecule has 0 aliphatic heterocycles. The minimum Gasteiger partial charge on any atom is -0.478 e. The molecule has 8 nitrogen and oxygen atoms in total. The van der Waals surface area contributed by atoms with Crippen LogP contribution < -0.4 is 0 Å². The Hall–Kier alpha value is -3.16. The van der Waals surface area contributed by atoms with Gasteiger partial charge in [0.15, 0.2) is 0 Å². The van der Waals surface area contributed by atoms with Crippen LogP contribution in [0.25, 0.3) is 0 Å². The second kappa shape index (κ2) is 28.1. The summed E-state index contributed by atoms with van der Waals surface area (Å²) in [5.74, 6) is -3.88. The summed E-state index contributed by atoms with van der Waals surface area (Å²) in [6.07, 6.45) is 3.75. The summed E-state index contributed by atoms with van der Waals surface area (Å²) in [7, 11) is 0. The van der Waals surface area contributed by atoms with E-state index in [1.165, 1.54) is 13.3 Å². The van der Waals surface area contributed by atoms with E-state index >= 15 is 0 Å². The van der Waals surface area contributed by atoms with Crippen molar-refractivity contribution >= 4 is 23.9 Å². The average molecular weight is 346 g/mol. The van der Waals surface area contributed by atoms with E-state index in [0.29, 0.717) is 0 Å². The molecule has 0 aromatic carbocycles. The Labute approximate surface area is 141 Å². The normalized spacial score (nSPS) is 6.62. The van der Waals surface area contributed by atoms with Crippen LogP contribution in [0.15, 0.2) is 50.1 Å². The van der Waals surface area contributed by atoms with E-state index in [-0.39, 0.29) is 5.57 Å². The number of rotatable bonds is 4. The van der Waals surface area contributed by atoms with Crippen LogP contribution in [0.1, 0.15) is 27.2 Å². The van der Waals surface area contributed by atoms with Crippen LogP contribution in [0.5, 0.6) is 0 Å². The van der Waals surface area contributed by atoms with Crippen LogP contribution in [-0.4, -0.2) is 44.3 Å². The average Bonchev–Trinajstić information content (AvgIpc) is 2.49. The fourth-order valence-electron chi connectivity index (χ4n) is 0. The second-order valence-corrected chi connectivity index (χ2v) is 3.42. The number of carboxylic acid groups (broad SMARTS) is 4. The van der Waals surface area contributed by atoms with E-state index in [1.54, 1.807) is 0 Å². The molecule has 0 aliphatic rings. The Bertz CT molecular complexity index is 367. The van der Waals surface area contributed by atoms with Gasteiger partial charge in [-0.25, -0.2) is 19.2 Å². The summed E-state index contributed by atoms with van der Waals surface area (Å²) in [4.78, 5) is 37.3. The lowest BCUT2D eigenvalue weighted by molar-refractivity contribution is -0.133. The molecule has 138 valence electrons. The van der Waals surface area contributed by atoms with E-state index in [0.717, 1.165) is 18.2 Å². The van der Waals surface area contributed by atoms with Crippen molar-refractivity contribution in [2.75, 3.05) is 0 Å². The van der Waals surface area contributed by atoms with Gasteiger partial charge in [-0.3, -0.25) is 0 Å². The molecule has 8 heteroatoms. The second-order valence-electron chi connectivity index (χ2n) is 3.42. The van der Waals surface area contributed by atoms with Crippen molar-refractivity contribution < 1.29 is 39.6 Å². The van der Waals surface area contributed by atoms with Crippen LogP contribution in [0.4, 0.5) is 0 Å². The predicted molar refractivity (Wildman–Crippen MR) is 91.9 cm³/mol. The van der Waals surface area contributed by atoms with Crippen molar-refractivity contribution in [2.45, 2.75) is 27.2 Å². The van der Waals surface area contributed by atoms with Crippen molar-refractivity contribution in [3.63, 3.8) is 0 Å². The van der Waals surface area contributed by atoms with E-state index in [4.69, 9.17) is 20.4 Å². The van der Waals surface area contributed by atoms with Gasteiger partial charge in [0.2, 0.25) is 0 Å². The molecule has 0 aromatic rings. The zero-order chi connectivity index (χ0) is 20.7. The maximum atomic E-state index is 9.60. The minimum absolute atomic E-state index is 0.176. The van der Waals surface area contributed by atoms with Gasteiger partial charge in [-0.15, -0.1) is 0 Å². The summed E-state index contributed by atoms with van der Waals surface area (Å²) in [5.41, 5.74) is 0.176. The van der Waals surface area contributed by atoms with Gasteiger partial charge in [0, 0.05) is 23.8 Å². The van der Waals surface area contributed by atoms with Gasteiger partial charge in [0.05, 0.1) is 0 Å². The van der Waals surface area contributed by atoms with Crippen molar-refractivity contribution in [2.24, 2.45) is 0 Å². The van der Waals surface area contributed by atoms with Gasteiger partial charge in [-0.1, -0.05) is 46.6 Å². The molecule has 0 fully saturated rings. The largest absolute Gasteiger partial charge is 0.478 e. The standard InChI is InChI=1S/C4H6O2.3C3H4O2.C3H8/c1-3(2)4(5)6;3*1-2-3(4)5;1-3-2/h1H2,2H3,(H,5,6);3*2H,1H2,(H,4,5);3H2,1-2H3. The highest BCUT2D eigenvalue weighted by molar-refractivity contribution is 5.84. The Morgan fingerprint density at radius 3 is 0.833 bits per heavy atom.